The van der Waals surface area contributed by atoms with Crippen LogP contribution in [-0.2, 0) is 0 Å². The molecule has 1 saturated heterocycles. The van der Waals surface area contributed by atoms with Crippen LogP contribution in [0.4, 0.5) is 11.8 Å². The maximum absolute atomic E-state index is 6.12. The van der Waals surface area contributed by atoms with E-state index in [4.69, 9.17) is 33.9 Å². The molecule has 0 bridgehead atoms. The van der Waals surface area contributed by atoms with Crippen molar-refractivity contribution < 1.29 is 0 Å². The molecule has 0 spiro atoms. The SMILES string of the molecule is Nc1nc(N2CCNCC2)c2nc(-c3ccc(Cl)c(Cl)c3)sc2n1. The number of benzene rings is 1. The fraction of sp³-hybridized carbons (Fsp3) is 0.267. The number of nitrogens with two attached hydrogens (primary N) is 1. The minimum Gasteiger partial charge on any atom is -0.368 e. The molecule has 0 amide bonds. The summed E-state index contributed by atoms with van der Waals surface area (Å²) in [7, 11) is 0. The Morgan fingerprint density at radius 3 is 2.62 bits per heavy atom. The predicted octanol–water partition coefficient (Wildman–Crippen LogP) is 3.05. The molecular weight excluding hydrogens is 367 g/mol. The van der Waals surface area contributed by atoms with Gasteiger partial charge in [-0.15, -0.1) is 0 Å². The molecule has 0 atom stereocenters. The Morgan fingerprint density at radius 1 is 1.08 bits per heavy atom. The second-order valence-electron chi connectivity index (χ2n) is 5.44. The van der Waals surface area contributed by atoms with E-state index in [0.29, 0.717) is 10.0 Å². The molecule has 1 aliphatic rings. The number of piperazine rings is 1. The van der Waals surface area contributed by atoms with Crippen LogP contribution in [-0.4, -0.2) is 41.1 Å². The number of hydrogen-bond donors (Lipinski definition) is 2. The van der Waals surface area contributed by atoms with Crippen LogP contribution in [0.2, 0.25) is 10.0 Å². The Labute approximate surface area is 152 Å². The first kappa shape index (κ1) is 15.8. The van der Waals surface area contributed by atoms with Gasteiger partial charge in [-0.3, -0.25) is 0 Å². The average molecular weight is 381 g/mol. The quantitative estimate of drug-likeness (QED) is 0.710. The molecule has 0 aliphatic carbocycles. The first-order valence-corrected chi connectivity index (χ1v) is 9.04. The smallest absolute Gasteiger partial charge is 0.223 e. The lowest BCUT2D eigenvalue weighted by Gasteiger charge is -2.28. The van der Waals surface area contributed by atoms with Gasteiger partial charge in [-0.05, 0) is 12.1 Å². The fourth-order valence-corrected chi connectivity index (χ4v) is 3.91. The van der Waals surface area contributed by atoms with E-state index in [1.807, 2.05) is 12.1 Å². The van der Waals surface area contributed by atoms with Crippen LogP contribution in [0.25, 0.3) is 20.9 Å². The number of nitrogens with one attached hydrogen (secondary N) is 1. The van der Waals surface area contributed by atoms with Gasteiger partial charge in [-0.2, -0.15) is 4.98 Å². The van der Waals surface area contributed by atoms with Crippen LogP contribution in [0, 0.1) is 0 Å². The lowest BCUT2D eigenvalue weighted by atomic mass is 10.2. The van der Waals surface area contributed by atoms with Gasteiger partial charge in [0.15, 0.2) is 10.6 Å². The van der Waals surface area contributed by atoms with E-state index in [9.17, 15) is 0 Å². The minimum atomic E-state index is 0.264. The number of hydrogen-bond acceptors (Lipinski definition) is 7. The highest BCUT2D eigenvalue weighted by Gasteiger charge is 2.20. The predicted molar refractivity (Wildman–Crippen MR) is 100 cm³/mol. The zero-order valence-electron chi connectivity index (χ0n) is 12.6. The molecule has 124 valence electrons. The van der Waals surface area contributed by atoms with Gasteiger partial charge in [-0.25, -0.2) is 9.97 Å². The lowest BCUT2D eigenvalue weighted by molar-refractivity contribution is 0.586. The summed E-state index contributed by atoms with van der Waals surface area (Å²) in [6, 6.07) is 5.47. The van der Waals surface area contributed by atoms with E-state index < -0.39 is 0 Å². The van der Waals surface area contributed by atoms with E-state index in [1.54, 1.807) is 6.07 Å². The van der Waals surface area contributed by atoms with Gasteiger partial charge in [0.25, 0.3) is 0 Å². The van der Waals surface area contributed by atoms with Crippen molar-refractivity contribution in [3.63, 3.8) is 0 Å². The fourth-order valence-electron chi connectivity index (χ4n) is 2.67. The Kier molecular flexibility index (Phi) is 4.17. The second-order valence-corrected chi connectivity index (χ2v) is 7.24. The summed E-state index contributed by atoms with van der Waals surface area (Å²) in [5.74, 6) is 1.06. The number of anilines is 2. The molecule has 1 aliphatic heterocycles. The highest BCUT2D eigenvalue weighted by atomic mass is 35.5. The van der Waals surface area contributed by atoms with E-state index in [-0.39, 0.29) is 5.95 Å². The molecule has 0 unspecified atom stereocenters. The number of aromatic nitrogens is 3. The maximum Gasteiger partial charge on any atom is 0.223 e. The van der Waals surface area contributed by atoms with Gasteiger partial charge in [0, 0.05) is 31.7 Å². The highest BCUT2D eigenvalue weighted by Crippen LogP contribution is 2.36. The van der Waals surface area contributed by atoms with Gasteiger partial charge in [0.05, 0.1) is 10.0 Å². The normalized spacial score (nSPS) is 15.2. The molecule has 3 aromatic rings. The van der Waals surface area contributed by atoms with Gasteiger partial charge in [0.2, 0.25) is 5.95 Å². The van der Waals surface area contributed by atoms with Crippen LogP contribution in [0.1, 0.15) is 0 Å². The van der Waals surface area contributed by atoms with Gasteiger partial charge in [0.1, 0.15) is 10.5 Å². The van der Waals surface area contributed by atoms with E-state index in [2.05, 4.69) is 20.2 Å². The van der Waals surface area contributed by atoms with Crippen molar-refractivity contribution in [1.29, 1.82) is 0 Å². The lowest BCUT2D eigenvalue weighted by Crippen LogP contribution is -2.44. The third-order valence-electron chi connectivity index (χ3n) is 3.84. The second kappa shape index (κ2) is 6.33. The third kappa shape index (κ3) is 2.88. The summed E-state index contributed by atoms with van der Waals surface area (Å²) < 4.78 is 0. The van der Waals surface area contributed by atoms with Gasteiger partial charge in [-0.1, -0.05) is 40.6 Å². The van der Waals surface area contributed by atoms with E-state index in [0.717, 1.165) is 52.9 Å². The Morgan fingerprint density at radius 2 is 1.88 bits per heavy atom. The average Bonchev–Trinajstić information content (AvgIpc) is 3.01. The van der Waals surface area contributed by atoms with Crippen LogP contribution < -0.4 is 16.0 Å². The molecule has 24 heavy (non-hydrogen) atoms. The summed E-state index contributed by atoms with van der Waals surface area (Å²) in [6.45, 7) is 3.56. The van der Waals surface area contributed by atoms with Gasteiger partial charge < -0.3 is 16.0 Å². The van der Waals surface area contributed by atoms with Crippen molar-refractivity contribution in [2.24, 2.45) is 0 Å². The largest absolute Gasteiger partial charge is 0.368 e. The first-order valence-electron chi connectivity index (χ1n) is 7.47. The molecule has 0 saturated carbocycles. The number of thiazole rings is 1. The molecule has 1 aromatic carbocycles. The molecule has 3 N–H and O–H groups in total. The minimum absolute atomic E-state index is 0.264. The summed E-state index contributed by atoms with van der Waals surface area (Å²) in [5.41, 5.74) is 7.57. The molecule has 4 rings (SSSR count). The molecule has 9 heteroatoms. The molecule has 1 fully saturated rings. The number of nitrogens with zero attached hydrogens (tertiary/aromatic N) is 4. The van der Waals surface area contributed by atoms with Crippen LogP contribution in [0.15, 0.2) is 18.2 Å². The van der Waals surface area contributed by atoms with E-state index in [1.165, 1.54) is 11.3 Å². The van der Waals surface area contributed by atoms with Crippen molar-refractivity contribution in [3.05, 3.63) is 28.2 Å². The van der Waals surface area contributed by atoms with Crippen molar-refractivity contribution in [2.75, 3.05) is 36.8 Å². The molecular formula is C15H14Cl2N6S. The van der Waals surface area contributed by atoms with Crippen molar-refractivity contribution in [3.8, 4) is 10.6 Å². The first-order chi connectivity index (χ1) is 11.6. The molecule has 3 heterocycles. The Bertz CT molecular complexity index is 906. The topological polar surface area (TPSA) is 80.0 Å². The zero-order chi connectivity index (χ0) is 16.7. The monoisotopic (exact) mass is 380 g/mol. The Hall–Kier alpha value is -1.67. The van der Waals surface area contributed by atoms with E-state index >= 15 is 0 Å². The molecule has 0 radical (unpaired) electrons. The van der Waals surface area contributed by atoms with Crippen LogP contribution in [0.3, 0.4) is 0 Å². The third-order valence-corrected chi connectivity index (χ3v) is 5.58. The van der Waals surface area contributed by atoms with Crippen LogP contribution in [0.5, 0.6) is 0 Å². The Balaban J connectivity index is 1.83. The van der Waals surface area contributed by atoms with Gasteiger partial charge >= 0.3 is 0 Å². The molecule has 2 aromatic heterocycles. The summed E-state index contributed by atoms with van der Waals surface area (Å²) in [6.07, 6.45) is 0. The number of fused-ring (bicyclic) bond motifs is 1. The van der Waals surface area contributed by atoms with Crippen molar-refractivity contribution in [2.45, 2.75) is 0 Å². The maximum atomic E-state index is 6.12. The summed E-state index contributed by atoms with van der Waals surface area (Å²) in [5, 5.41) is 5.17. The number of halogens is 2. The number of nitrogen functional groups attached to an aromatic ring is 1. The van der Waals surface area contributed by atoms with Crippen molar-refractivity contribution >= 4 is 56.7 Å². The van der Waals surface area contributed by atoms with Crippen molar-refractivity contribution in [1.82, 2.24) is 20.3 Å². The standard InChI is InChI=1S/C15H14Cl2N6S/c16-9-2-1-8(7-10(9)17)13-20-11-12(23-5-3-19-4-6-23)21-15(18)22-14(11)24-13/h1-2,7,19H,3-6H2,(H2,18,21,22). The summed E-state index contributed by atoms with van der Waals surface area (Å²) >= 11 is 13.6. The van der Waals surface area contributed by atoms with Crippen LogP contribution >= 0.6 is 34.5 Å². The summed E-state index contributed by atoms with van der Waals surface area (Å²) in [4.78, 5) is 16.5. The zero-order valence-corrected chi connectivity index (χ0v) is 14.9. The number of rotatable bonds is 2. The highest BCUT2D eigenvalue weighted by molar-refractivity contribution is 7.21. The molecule has 6 nitrogen and oxygen atoms in total.